The van der Waals surface area contributed by atoms with Crippen molar-refractivity contribution in [2.45, 2.75) is 55.2 Å². The van der Waals surface area contributed by atoms with Crippen molar-refractivity contribution < 1.29 is 0 Å². The first-order valence-corrected chi connectivity index (χ1v) is 8.69. The van der Waals surface area contributed by atoms with Gasteiger partial charge >= 0.3 is 0 Å². The number of hydrogen-bond donors (Lipinski definition) is 1. The van der Waals surface area contributed by atoms with Gasteiger partial charge in [-0.1, -0.05) is 49.4 Å². The van der Waals surface area contributed by atoms with Crippen LogP contribution in [0.15, 0.2) is 23.1 Å². The van der Waals surface area contributed by atoms with Gasteiger partial charge in [0.15, 0.2) is 0 Å². The minimum Gasteiger partial charge on any atom is -0.313 e. The smallest absolute Gasteiger partial charge is 0.0543 e. The first-order valence-electron chi connectivity index (χ1n) is 7.05. The minimum absolute atomic E-state index is 0.590. The van der Waals surface area contributed by atoms with Gasteiger partial charge in [0.1, 0.15) is 0 Å². The predicted molar refractivity (Wildman–Crippen MR) is 86.7 cm³/mol. The molecule has 0 heterocycles. The van der Waals surface area contributed by atoms with Crippen molar-refractivity contribution in [3.63, 3.8) is 0 Å². The maximum Gasteiger partial charge on any atom is 0.0543 e. The van der Waals surface area contributed by atoms with Gasteiger partial charge in [-0.15, -0.1) is 11.8 Å². The molecule has 1 saturated carbocycles. The largest absolute Gasteiger partial charge is 0.313 e. The Labute approximate surface area is 130 Å². The van der Waals surface area contributed by atoms with E-state index in [4.69, 9.17) is 23.2 Å². The lowest BCUT2D eigenvalue weighted by Crippen LogP contribution is -2.37. The highest BCUT2D eigenvalue weighted by Gasteiger charge is 2.24. The summed E-state index contributed by atoms with van der Waals surface area (Å²) in [5, 5.41) is 5.81. The third kappa shape index (κ3) is 4.56. The lowest BCUT2D eigenvalue weighted by Gasteiger charge is -2.25. The first kappa shape index (κ1) is 15.5. The second-order valence-electron chi connectivity index (χ2n) is 5.03. The fourth-order valence-electron chi connectivity index (χ4n) is 2.64. The van der Waals surface area contributed by atoms with Crippen molar-refractivity contribution in [3.8, 4) is 0 Å². The van der Waals surface area contributed by atoms with Gasteiger partial charge in [-0.25, -0.2) is 0 Å². The molecule has 106 valence electrons. The molecule has 2 rings (SSSR count). The molecule has 0 aliphatic heterocycles. The first-order chi connectivity index (χ1) is 9.20. The SMILES string of the molecule is CCNC1CCCCCC1Sc1cc(Cl)ccc1Cl. The van der Waals surface area contributed by atoms with Crippen molar-refractivity contribution in [1.29, 1.82) is 0 Å². The Balaban J connectivity index is 2.11. The molecule has 19 heavy (non-hydrogen) atoms. The highest BCUT2D eigenvalue weighted by Crippen LogP contribution is 2.37. The summed E-state index contributed by atoms with van der Waals surface area (Å²) in [5.41, 5.74) is 0. The van der Waals surface area contributed by atoms with Crippen LogP contribution in [0.1, 0.15) is 39.0 Å². The van der Waals surface area contributed by atoms with Gasteiger partial charge in [0, 0.05) is 21.2 Å². The van der Waals surface area contributed by atoms with Gasteiger partial charge in [0.2, 0.25) is 0 Å². The Kier molecular flexibility index (Phi) is 6.34. The summed E-state index contributed by atoms with van der Waals surface area (Å²) in [6, 6.07) is 6.32. The number of halogens is 2. The van der Waals surface area contributed by atoms with E-state index in [1.807, 2.05) is 30.0 Å². The van der Waals surface area contributed by atoms with Gasteiger partial charge in [-0.3, -0.25) is 0 Å². The zero-order chi connectivity index (χ0) is 13.7. The van der Waals surface area contributed by atoms with Crippen LogP contribution in [-0.2, 0) is 0 Å². The van der Waals surface area contributed by atoms with E-state index in [0.29, 0.717) is 11.3 Å². The van der Waals surface area contributed by atoms with Crippen LogP contribution in [0.3, 0.4) is 0 Å². The second-order valence-corrected chi connectivity index (χ2v) is 7.16. The molecule has 0 saturated heterocycles. The van der Waals surface area contributed by atoms with E-state index in [2.05, 4.69) is 12.2 Å². The fraction of sp³-hybridized carbons (Fsp3) is 0.600. The molecule has 2 atom stereocenters. The van der Waals surface area contributed by atoms with Crippen LogP contribution < -0.4 is 5.32 Å². The Morgan fingerprint density at radius 1 is 1.21 bits per heavy atom. The van der Waals surface area contributed by atoms with Crippen LogP contribution >= 0.6 is 35.0 Å². The van der Waals surface area contributed by atoms with Gasteiger partial charge in [0.25, 0.3) is 0 Å². The van der Waals surface area contributed by atoms with Crippen LogP contribution in [0.25, 0.3) is 0 Å². The average molecular weight is 318 g/mol. The Hall–Kier alpha value is 0.110. The summed E-state index contributed by atoms with van der Waals surface area (Å²) in [7, 11) is 0. The highest BCUT2D eigenvalue weighted by molar-refractivity contribution is 8.00. The van der Waals surface area contributed by atoms with Crippen LogP contribution in [0, 0.1) is 0 Å². The predicted octanol–water partition coefficient (Wildman–Crippen LogP) is 5.40. The van der Waals surface area contributed by atoms with E-state index in [1.54, 1.807) is 0 Å². The third-order valence-corrected chi connectivity index (χ3v) is 5.73. The van der Waals surface area contributed by atoms with E-state index in [1.165, 1.54) is 32.1 Å². The molecule has 0 bridgehead atoms. The van der Waals surface area contributed by atoms with Crippen molar-refractivity contribution in [1.82, 2.24) is 5.32 Å². The molecule has 0 spiro atoms. The van der Waals surface area contributed by atoms with Gasteiger partial charge in [0.05, 0.1) is 5.02 Å². The summed E-state index contributed by atoms with van der Waals surface area (Å²) < 4.78 is 0. The quantitative estimate of drug-likeness (QED) is 0.746. The highest BCUT2D eigenvalue weighted by atomic mass is 35.5. The molecule has 1 aliphatic carbocycles. The Morgan fingerprint density at radius 3 is 2.79 bits per heavy atom. The van der Waals surface area contributed by atoms with Gasteiger partial charge in [-0.05, 0) is 37.6 Å². The normalized spacial score (nSPS) is 24.2. The number of nitrogens with one attached hydrogen (secondary N) is 1. The number of benzene rings is 1. The van der Waals surface area contributed by atoms with Crippen molar-refractivity contribution in [3.05, 3.63) is 28.2 Å². The number of thioether (sulfide) groups is 1. The molecule has 2 unspecified atom stereocenters. The maximum atomic E-state index is 6.28. The van der Waals surface area contributed by atoms with Crippen molar-refractivity contribution >= 4 is 35.0 Å². The van der Waals surface area contributed by atoms with Crippen LogP contribution in [0.4, 0.5) is 0 Å². The molecule has 0 amide bonds. The van der Waals surface area contributed by atoms with Crippen LogP contribution in [0.5, 0.6) is 0 Å². The maximum absolute atomic E-state index is 6.28. The molecule has 4 heteroatoms. The Bertz CT molecular complexity index is 411. The van der Waals surface area contributed by atoms with E-state index in [-0.39, 0.29) is 0 Å². The summed E-state index contributed by atoms with van der Waals surface area (Å²) in [4.78, 5) is 1.11. The lowest BCUT2D eigenvalue weighted by molar-refractivity contribution is 0.482. The van der Waals surface area contributed by atoms with Gasteiger partial charge in [-0.2, -0.15) is 0 Å². The van der Waals surface area contributed by atoms with Crippen LogP contribution in [-0.4, -0.2) is 17.8 Å². The molecule has 1 fully saturated rings. The lowest BCUT2D eigenvalue weighted by atomic mass is 10.1. The molecular weight excluding hydrogens is 297 g/mol. The average Bonchev–Trinajstić information content (AvgIpc) is 2.60. The number of rotatable bonds is 4. The van der Waals surface area contributed by atoms with E-state index in [9.17, 15) is 0 Å². The minimum atomic E-state index is 0.590. The summed E-state index contributed by atoms with van der Waals surface area (Å²) in [6.45, 7) is 3.21. The van der Waals surface area contributed by atoms with Crippen molar-refractivity contribution in [2.24, 2.45) is 0 Å². The summed E-state index contributed by atoms with van der Waals surface area (Å²) in [5.74, 6) is 0. The second kappa shape index (κ2) is 7.78. The molecule has 0 radical (unpaired) electrons. The monoisotopic (exact) mass is 317 g/mol. The Morgan fingerprint density at radius 2 is 2.00 bits per heavy atom. The zero-order valence-electron chi connectivity index (χ0n) is 11.3. The topological polar surface area (TPSA) is 12.0 Å². The van der Waals surface area contributed by atoms with E-state index >= 15 is 0 Å². The van der Waals surface area contributed by atoms with Crippen LogP contribution in [0.2, 0.25) is 10.0 Å². The molecule has 1 aromatic rings. The summed E-state index contributed by atoms with van der Waals surface area (Å²) >= 11 is 14.2. The molecule has 1 aromatic carbocycles. The third-order valence-electron chi connectivity index (χ3n) is 3.59. The summed E-state index contributed by atoms with van der Waals surface area (Å²) in [6.07, 6.45) is 6.52. The molecular formula is C15H21Cl2NS. The molecule has 0 aromatic heterocycles. The molecule has 1 aliphatic rings. The van der Waals surface area contributed by atoms with Gasteiger partial charge < -0.3 is 5.32 Å². The molecule has 1 nitrogen and oxygen atoms in total. The van der Waals surface area contributed by atoms with Crippen molar-refractivity contribution in [2.75, 3.05) is 6.54 Å². The molecule has 1 N–H and O–H groups in total. The van der Waals surface area contributed by atoms with E-state index in [0.717, 1.165) is 21.5 Å². The fourth-order valence-corrected chi connectivity index (χ4v) is 4.51. The number of hydrogen-bond acceptors (Lipinski definition) is 2. The van der Waals surface area contributed by atoms with E-state index < -0.39 is 0 Å². The zero-order valence-corrected chi connectivity index (χ0v) is 13.6. The standard InChI is InChI=1S/C15H21Cl2NS/c1-2-18-13-6-4-3-5-7-14(13)19-15-10-11(16)8-9-12(15)17/h8-10,13-14,18H,2-7H2,1H3.